The van der Waals surface area contributed by atoms with Gasteiger partial charge in [-0.3, -0.25) is 4.72 Å². The average molecular weight is 363 g/mol. The Kier molecular flexibility index (Phi) is 4.75. The first-order valence-corrected chi connectivity index (χ1v) is 9.19. The zero-order valence-corrected chi connectivity index (χ0v) is 14.5. The summed E-state index contributed by atoms with van der Waals surface area (Å²) < 4.78 is 43.7. The van der Waals surface area contributed by atoms with Crippen LogP contribution in [0, 0.1) is 0 Å². The summed E-state index contributed by atoms with van der Waals surface area (Å²) in [6, 6.07) is 9.55. The van der Waals surface area contributed by atoms with Gasteiger partial charge in [-0.05, 0) is 31.2 Å². The molecule has 2 aromatic heterocycles. The molecule has 3 rings (SSSR count). The molecule has 0 atom stereocenters. The SMILES string of the molecule is CCOc1ccccc1NS(=O)(=O)c1ccc(-c2nnc(CC)o2)o1. The zero-order chi connectivity index (χ0) is 17.9. The van der Waals surface area contributed by atoms with E-state index in [2.05, 4.69) is 14.9 Å². The van der Waals surface area contributed by atoms with Crippen molar-refractivity contribution >= 4 is 15.7 Å². The van der Waals surface area contributed by atoms with Crippen LogP contribution >= 0.6 is 0 Å². The van der Waals surface area contributed by atoms with Gasteiger partial charge in [0.1, 0.15) is 5.75 Å². The lowest BCUT2D eigenvalue weighted by Gasteiger charge is -2.11. The van der Waals surface area contributed by atoms with Gasteiger partial charge in [0.25, 0.3) is 15.9 Å². The number of ether oxygens (including phenoxy) is 1. The van der Waals surface area contributed by atoms with Crippen LogP contribution in [0.5, 0.6) is 5.75 Å². The predicted octanol–water partition coefficient (Wildman–Crippen LogP) is 3.09. The van der Waals surface area contributed by atoms with Crippen molar-refractivity contribution < 1.29 is 22.0 Å². The van der Waals surface area contributed by atoms with Crippen molar-refractivity contribution in [2.45, 2.75) is 25.4 Å². The maximum atomic E-state index is 12.5. The number of aromatic nitrogens is 2. The van der Waals surface area contributed by atoms with Crippen molar-refractivity contribution in [3.8, 4) is 17.4 Å². The van der Waals surface area contributed by atoms with E-state index in [-0.39, 0.29) is 16.7 Å². The topological polar surface area (TPSA) is 107 Å². The first-order chi connectivity index (χ1) is 12.0. The van der Waals surface area contributed by atoms with Gasteiger partial charge in [0.05, 0.1) is 12.3 Å². The van der Waals surface area contributed by atoms with Gasteiger partial charge in [0, 0.05) is 6.42 Å². The number of sulfonamides is 1. The second-order valence-electron chi connectivity index (χ2n) is 5.01. The van der Waals surface area contributed by atoms with Crippen LogP contribution in [0.25, 0.3) is 11.7 Å². The van der Waals surface area contributed by atoms with E-state index in [0.717, 1.165) is 0 Å². The molecular formula is C16H17N3O5S. The Morgan fingerprint density at radius 2 is 1.88 bits per heavy atom. The molecule has 0 spiro atoms. The van der Waals surface area contributed by atoms with Crippen LogP contribution in [0.3, 0.4) is 0 Å². The van der Waals surface area contributed by atoms with E-state index < -0.39 is 10.0 Å². The van der Waals surface area contributed by atoms with E-state index in [0.29, 0.717) is 30.4 Å². The number of anilines is 1. The molecule has 9 heteroatoms. The smallest absolute Gasteiger partial charge is 0.295 e. The summed E-state index contributed by atoms with van der Waals surface area (Å²) in [6.07, 6.45) is 0.578. The molecule has 0 amide bonds. The third kappa shape index (κ3) is 3.66. The van der Waals surface area contributed by atoms with E-state index in [1.165, 1.54) is 12.1 Å². The van der Waals surface area contributed by atoms with Gasteiger partial charge < -0.3 is 13.6 Å². The first-order valence-electron chi connectivity index (χ1n) is 7.70. The Labute approximate surface area is 144 Å². The molecule has 8 nitrogen and oxygen atoms in total. The molecule has 0 aliphatic rings. The minimum atomic E-state index is -3.93. The van der Waals surface area contributed by atoms with Crippen LogP contribution in [0.15, 0.2) is 50.3 Å². The van der Waals surface area contributed by atoms with Crippen LogP contribution in [-0.2, 0) is 16.4 Å². The lowest BCUT2D eigenvalue weighted by atomic mass is 10.3. The van der Waals surface area contributed by atoms with Crippen molar-refractivity contribution in [2.75, 3.05) is 11.3 Å². The minimum Gasteiger partial charge on any atom is -0.492 e. The Balaban J connectivity index is 1.86. The number of rotatable bonds is 7. The van der Waals surface area contributed by atoms with Crippen LogP contribution in [0.2, 0.25) is 0 Å². The molecule has 2 heterocycles. The van der Waals surface area contributed by atoms with Gasteiger partial charge in [0.15, 0.2) is 5.76 Å². The van der Waals surface area contributed by atoms with Crippen LogP contribution in [0.4, 0.5) is 5.69 Å². The van der Waals surface area contributed by atoms with E-state index in [4.69, 9.17) is 13.6 Å². The van der Waals surface area contributed by atoms with E-state index in [1.54, 1.807) is 24.3 Å². The average Bonchev–Trinajstić information content (AvgIpc) is 3.26. The largest absolute Gasteiger partial charge is 0.492 e. The summed E-state index contributed by atoms with van der Waals surface area (Å²) in [5.74, 6) is 1.20. The first kappa shape index (κ1) is 17.0. The number of para-hydroxylation sites is 2. The summed E-state index contributed by atoms with van der Waals surface area (Å²) in [5.41, 5.74) is 0.327. The van der Waals surface area contributed by atoms with Crippen LogP contribution in [-0.4, -0.2) is 25.2 Å². The summed E-state index contributed by atoms with van der Waals surface area (Å²) in [4.78, 5) is 0. The number of benzene rings is 1. The van der Waals surface area contributed by atoms with Gasteiger partial charge in [-0.25, -0.2) is 0 Å². The highest BCUT2D eigenvalue weighted by molar-refractivity contribution is 7.92. The molecule has 0 aliphatic carbocycles. The number of aryl methyl sites for hydroxylation is 1. The number of hydrogen-bond donors (Lipinski definition) is 1. The molecule has 0 aliphatic heterocycles. The fourth-order valence-corrected chi connectivity index (χ4v) is 3.11. The van der Waals surface area contributed by atoms with Gasteiger partial charge >= 0.3 is 0 Å². The number of nitrogens with zero attached hydrogens (tertiary/aromatic N) is 2. The predicted molar refractivity (Wildman–Crippen MR) is 89.8 cm³/mol. The Morgan fingerprint density at radius 1 is 1.08 bits per heavy atom. The standard InChI is InChI=1S/C16H17N3O5S/c1-3-14-17-18-16(24-14)13-9-10-15(23-13)25(20,21)19-11-7-5-6-8-12(11)22-4-2/h5-10,19H,3-4H2,1-2H3. The molecule has 0 bridgehead atoms. The van der Waals surface area contributed by atoms with Gasteiger partial charge in [0.2, 0.25) is 11.0 Å². The van der Waals surface area contributed by atoms with Crippen molar-refractivity contribution in [1.82, 2.24) is 10.2 Å². The second kappa shape index (κ2) is 6.98. The number of furan rings is 1. The molecule has 0 unspecified atom stereocenters. The normalized spacial score (nSPS) is 11.4. The Bertz CT molecular complexity index is 962. The lowest BCUT2D eigenvalue weighted by molar-refractivity contribution is 0.342. The lowest BCUT2D eigenvalue weighted by Crippen LogP contribution is -2.13. The molecule has 0 saturated carbocycles. The van der Waals surface area contributed by atoms with E-state index >= 15 is 0 Å². The van der Waals surface area contributed by atoms with Gasteiger partial charge in [-0.15, -0.1) is 10.2 Å². The van der Waals surface area contributed by atoms with Crippen molar-refractivity contribution in [3.63, 3.8) is 0 Å². The highest BCUT2D eigenvalue weighted by atomic mass is 32.2. The second-order valence-corrected chi connectivity index (χ2v) is 6.62. The van der Waals surface area contributed by atoms with E-state index in [1.807, 2.05) is 13.8 Å². The number of nitrogens with one attached hydrogen (secondary N) is 1. The van der Waals surface area contributed by atoms with Crippen LogP contribution < -0.4 is 9.46 Å². The fraction of sp³-hybridized carbons (Fsp3) is 0.250. The monoisotopic (exact) mass is 363 g/mol. The summed E-state index contributed by atoms with van der Waals surface area (Å²) in [5, 5.41) is 7.39. The van der Waals surface area contributed by atoms with Gasteiger partial charge in [-0.1, -0.05) is 19.1 Å². The summed E-state index contributed by atoms with van der Waals surface area (Å²) in [6.45, 7) is 4.11. The highest BCUT2D eigenvalue weighted by Crippen LogP contribution is 2.29. The van der Waals surface area contributed by atoms with Gasteiger partial charge in [-0.2, -0.15) is 8.42 Å². The third-order valence-corrected chi connectivity index (χ3v) is 4.50. The maximum absolute atomic E-state index is 12.5. The Hall–Kier alpha value is -2.81. The molecular weight excluding hydrogens is 346 g/mol. The zero-order valence-electron chi connectivity index (χ0n) is 13.7. The summed E-state index contributed by atoms with van der Waals surface area (Å²) in [7, 11) is -3.93. The highest BCUT2D eigenvalue weighted by Gasteiger charge is 2.22. The Morgan fingerprint density at radius 3 is 2.60 bits per heavy atom. The maximum Gasteiger partial charge on any atom is 0.295 e. The molecule has 25 heavy (non-hydrogen) atoms. The van der Waals surface area contributed by atoms with Crippen molar-refractivity contribution in [2.24, 2.45) is 0 Å². The molecule has 3 aromatic rings. The summed E-state index contributed by atoms with van der Waals surface area (Å²) >= 11 is 0. The molecule has 1 N–H and O–H groups in total. The van der Waals surface area contributed by atoms with Crippen LogP contribution in [0.1, 0.15) is 19.7 Å². The quantitative estimate of drug-likeness (QED) is 0.687. The van der Waals surface area contributed by atoms with E-state index in [9.17, 15) is 8.42 Å². The minimum absolute atomic E-state index is 0.132. The third-order valence-electron chi connectivity index (χ3n) is 3.26. The molecule has 0 fully saturated rings. The number of hydrogen-bond acceptors (Lipinski definition) is 7. The molecule has 1 aromatic carbocycles. The fourth-order valence-electron chi connectivity index (χ4n) is 2.10. The van der Waals surface area contributed by atoms with Crippen molar-refractivity contribution in [1.29, 1.82) is 0 Å². The van der Waals surface area contributed by atoms with Crippen molar-refractivity contribution in [3.05, 3.63) is 42.3 Å². The molecule has 0 radical (unpaired) electrons. The molecule has 132 valence electrons. The molecule has 0 saturated heterocycles.